The largest absolute Gasteiger partial charge is 0.212 e. The van der Waals surface area contributed by atoms with Crippen LogP contribution >= 0.6 is 0 Å². The lowest BCUT2D eigenvalue weighted by Crippen LogP contribution is -2.30. The third-order valence-electron chi connectivity index (χ3n) is 1.00. The first-order chi connectivity index (χ1) is 5.02. The molecule has 0 N–H and O–H groups in total. The maximum absolute atomic E-state index is 10.8. The molecule has 0 atom stereocenters. The van der Waals surface area contributed by atoms with Crippen molar-refractivity contribution in [3.8, 4) is 24.7 Å². The van der Waals surface area contributed by atoms with E-state index in [1.54, 1.807) is 0 Å². The summed E-state index contributed by atoms with van der Waals surface area (Å²) in [5.41, 5.74) is 0. The molecule has 0 unspecified atom stereocenters. The molecule has 0 saturated carbocycles. The van der Waals surface area contributed by atoms with Gasteiger partial charge in [0.1, 0.15) is 0 Å². The van der Waals surface area contributed by atoms with Crippen LogP contribution in [0.4, 0.5) is 0 Å². The van der Waals surface area contributed by atoms with Crippen LogP contribution < -0.4 is 0 Å². The topological polar surface area (TPSA) is 37.4 Å². The summed E-state index contributed by atoms with van der Waals surface area (Å²) in [6.07, 6.45) is 10.9. The fourth-order valence-corrected chi connectivity index (χ4v) is 1.11. The van der Waals surface area contributed by atoms with E-state index in [0.29, 0.717) is 0 Å². The zero-order valence-corrected chi connectivity index (χ0v) is 7.06. The smallest absolute Gasteiger partial charge is 0.212 e. The predicted octanol–water partition coefficient (Wildman–Crippen LogP) is -0.486. The van der Waals surface area contributed by atoms with Crippen LogP contribution in [0.5, 0.6) is 0 Å². The summed E-state index contributed by atoms with van der Waals surface area (Å²) in [5, 5.41) is 0. The Labute approximate surface area is 67.4 Å². The van der Waals surface area contributed by atoms with Gasteiger partial charge < -0.3 is 0 Å². The maximum atomic E-state index is 10.8. The molecule has 0 amide bonds. The minimum atomic E-state index is -3.24. The van der Waals surface area contributed by atoms with Gasteiger partial charge in [-0.2, -0.15) is 4.31 Å². The molecular weight excluding hydrogens is 162 g/mol. The van der Waals surface area contributed by atoms with E-state index < -0.39 is 10.0 Å². The number of rotatable bonds is 3. The van der Waals surface area contributed by atoms with E-state index in [9.17, 15) is 8.42 Å². The van der Waals surface area contributed by atoms with E-state index in [1.165, 1.54) is 0 Å². The van der Waals surface area contributed by atoms with Crippen molar-refractivity contribution in [1.29, 1.82) is 0 Å². The van der Waals surface area contributed by atoms with Crippen LogP contribution in [0.1, 0.15) is 0 Å². The lowest BCUT2D eigenvalue weighted by molar-refractivity contribution is 0.488. The van der Waals surface area contributed by atoms with Crippen molar-refractivity contribution in [3.05, 3.63) is 0 Å². The molecule has 0 aliphatic rings. The molecule has 11 heavy (non-hydrogen) atoms. The third kappa shape index (κ3) is 3.67. The van der Waals surface area contributed by atoms with Gasteiger partial charge in [-0.05, 0) is 0 Å². The first-order valence-electron chi connectivity index (χ1n) is 2.84. The van der Waals surface area contributed by atoms with Crippen LogP contribution in [0.2, 0.25) is 0 Å². The Bertz CT molecular complexity index is 275. The summed E-state index contributed by atoms with van der Waals surface area (Å²) in [4.78, 5) is 0. The monoisotopic (exact) mass is 171 g/mol. The molecule has 0 fully saturated rings. The molecular formula is C7H9NO2S. The summed E-state index contributed by atoms with van der Waals surface area (Å²) >= 11 is 0. The molecule has 0 heterocycles. The van der Waals surface area contributed by atoms with Gasteiger partial charge in [-0.15, -0.1) is 12.8 Å². The van der Waals surface area contributed by atoms with Crippen molar-refractivity contribution in [2.45, 2.75) is 0 Å². The highest BCUT2D eigenvalue weighted by atomic mass is 32.2. The summed E-state index contributed by atoms with van der Waals surface area (Å²) < 4.78 is 22.7. The van der Waals surface area contributed by atoms with Gasteiger partial charge in [0, 0.05) is 0 Å². The van der Waals surface area contributed by atoms with Crippen LogP contribution in [-0.4, -0.2) is 32.1 Å². The van der Waals surface area contributed by atoms with Gasteiger partial charge in [-0.25, -0.2) is 8.42 Å². The number of nitrogens with zero attached hydrogens (tertiary/aromatic N) is 1. The molecule has 0 aromatic rings. The predicted molar refractivity (Wildman–Crippen MR) is 44.1 cm³/mol. The van der Waals surface area contributed by atoms with Gasteiger partial charge in [-0.1, -0.05) is 11.8 Å². The Kier molecular flexibility index (Phi) is 3.67. The van der Waals surface area contributed by atoms with Crippen LogP contribution in [0.15, 0.2) is 0 Å². The van der Waals surface area contributed by atoms with Crippen LogP contribution in [-0.2, 0) is 10.0 Å². The lowest BCUT2D eigenvalue weighted by Gasteiger charge is -2.12. The average molecular weight is 171 g/mol. The SMILES string of the molecule is C#CCN(CC#C)S(C)(=O)=O. The fourth-order valence-electron chi connectivity index (χ4n) is 0.494. The Morgan fingerprint density at radius 3 is 1.82 bits per heavy atom. The fraction of sp³-hybridized carbons (Fsp3) is 0.429. The maximum Gasteiger partial charge on any atom is 0.212 e. The van der Waals surface area contributed by atoms with E-state index in [1.807, 2.05) is 0 Å². The molecule has 0 bridgehead atoms. The number of hydrogen-bond donors (Lipinski definition) is 0. The average Bonchev–Trinajstić information content (AvgIpc) is 1.85. The molecule has 0 rings (SSSR count). The Balaban J connectivity index is 4.41. The molecule has 0 aliphatic heterocycles. The van der Waals surface area contributed by atoms with Gasteiger partial charge in [-0.3, -0.25) is 0 Å². The quantitative estimate of drug-likeness (QED) is 0.538. The van der Waals surface area contributed by atoms with Crippen molar-refractivity contribution in [1.82, 2.24) is 4.31 Å². The second-order valence-corrected chi connectivity index (χ2v) is 3.92. The molecule has 60 valence electrons. The number of terminal acetylenes is 2. The molecule has 0 aliphatic carbocycles. The Morgan fingerprint density at radius 1 is 1.27 bits per heavy atom. The van der Waals surface area contributed by atoms with Gasteiger partial charge >= 0.3 is 0 Å². The standard InChI is InChI=1S/C7H9NO2S/c1-4-6-8(7-5-2)11(3,9)10/h1-2H,6-7H2,3H3. The molecule has 3 nitrogen and oxygen atoms in total. The van der Waals surface area contributed by atoms with Crippen LogP contribution in [0.3, 0.4) is 0 Å². The molecule has 4 heteroatoms. The highest BCUT2D eigenvalue weighted by Gasteiger charge is 2.12. The number of sulfonamides is 1. The summed E-state index contributed by atoms with van der Waals surface area (Å²) in [7, 11) is -3.24. The lowest BCUT2D eigenvalue weighted by atomic mass is 10.6. The molecule has 0 aromatic carbocycles. The first-order valence-corrected chi connectivity index (χ1v) is 4.69. The van der Waals surface area contributed by atoms with Crippen LogP contribution in [0, 0.1) is 24.7 Å². The van der Waals surface area contributed by atoms with E-state index in [4.69, 9.17) is 12.8 Å². The molecule has 0 aromatic heterocycles. The molecule has 0 radical (unpaired) electrons. The van der Waals surface area contributed by atoms with E-state index in [0.717, 1.165) is 10.6 Å². The highest BCUT2D eigenvalue weighted by Crippen LogP contribution is 1.94. The first kappa shape index (κ1) is 10.0. The summed E-state index contributed by atoms with van der Waals surface area (Å²) in [6, 6.07) is 0. The zero-order chi connectivity index (χ0) is 8.91. The number of hydrogen-bond acceptors (Lipinski definition) is 2. The normalized spacial score (nSPS) is 10.5. The Morgan fingerprint density at radius 2 is 1.64 bits per heavy atom. The molecule has 0 saturated heterocycles. The van der Waals surface area contributed by atoms with Gasteiger partial charge in [0.15, 0.2) is 0 Å². The van der Waals surface area contributed by atoms with E-state index in [-0.39, 0.29) is 13.1 Å². The van der Waals surface area contributed by atoms with Crippen molar-refractivity contribution < 1.29 is 8.42 Å². The van der Waals surface area contributed by atoms with Gasteiger partial charge in [0.2, 0.25) is 10.0 Å². The molecule has 0 spiro atoms. The summed E-state index contributed by atoms with van der Waals surface area (Å²) in [6.45, 7) is 0.0616. The van der Waals surface area contributed by atoms with Crippen molar-refractivity contribution in [2.24, 2.45) is 0 Å². The summed E-state index contributed by atoms with van der Waals surface area (Å²) in [5.74, 6) is 4.42. The minimum Gasteiger partial charge on any atom is -0.212 e. The van der Waals surface area contributed by atoms with E-state index >= 15 is 0 Å². The minimum absolute atomic E-state index is 0.0308. The van der Waals surface area contributed by atoms with Crippen molar-refractivity contribution >= 4 is 10.0 Å². The van der Waals surface area contributed by atoms with Crippen molar-refractivity contribution in [2.75, 3.05) is 19.3 Å². The van der Waals surface area contributed by atoms with Gasteiger partial charge in [0.05, 0.1) is 19.3 Å². The second-order valence-electron chi connectivity index (χ2n) is 1.94. The van der Waals surface area contributed by atoms with Crippen molar-refractivity contribution in [3.63, 3.8) is 0 Å². The van der Waals surface area contributed by atoms with Gasteiger partial charge in [0.25, 0.3) is 0 Å². The van der Waals surface area contributed by atoms with Crippen LogP contribution in [0.25, 0.3) is 0 Å². The zero-order valence-electron chi connectivity index (χ0n) is 6.24. The highest BCUT2D eigenvalue weighted by molar-refractivity contribution is 7.88. The second kappa shape index (κ2) is 4.02. The third-order valence-corrected chi connectivity index (χ3v) is 2.20. The van der Waals surface area contributed by atoms with E-state index in [2.05, 4.69) is 11.8 Å². The Hall–Kier alpha value is -0.970.